The molecule has 6 rings (SSSR count). The lowest BCUT2D eigenvalue weighted by molar-refractivity contribution is -0.148. The van der Waals surface area contributed by atoms with Crippen molar-refractivity contribution in [2.75, 3.05) is 99.7 Å². The number of carboxylic acid groups (broad SMARTS) is 3. The zero-order valence-corrected chi connectivity index (χ0v) is 40.1. The van der Waals surface area contributed by atoms with Gasteiger partial charge in [-0.3, -0.25) is 29.1 Å². The van der Waals surface area contributed by atoms with Crippen LogP contribution in [0.25, 0.3) is 0 Å². The molecule has 21 heteroatoms. The highest BCUT2D eigenvalue weighted by molar-refractivity contribution is 7.49. The quantitative estimate of drug-likeness (QED) is 0.288. The second-order valence-corrected chi connectivity index (χ2v) is 19.2. The molecule has 339 valence electrons. The van der Waals surface area contributed by atoms with Gasteiger partial charge in [0.15, 0.2) is 0 Å². The molecule has 0 spiro atoms. The van der Waals surface area contributed by atoms with Crippen molar-refractivity contribution in [1.29, 1.82) is 0 Å². The van der Waals surface area contributed by atoms with E-state index in [-0.39, 0.29) is 18.1 Å². The Balaban J connectivity index is 0.000000431. The lowest BCUT2D eigenvalue weighted by Crippen LogP contribution is -2.51. The first kappa shape index (κ1) is 59.8. The number of rotatable bonds is 9. The maximum absolute atomic E-state index is 11.6. The first-order valence-corrected chi connectivity index (χ1v) is 23.7. The summed E-state index contributed by atoms with van der Waals surface area (Å²) >= 11 is 0. The van der Waals surface area contributed by atoms with Gasteiger partial charge in [0.05, 0.1) is 0 Å². The fraction of sp³-hybridized carbons (Fsp3) is 0.929. The number of aliphatic carboxylic acids is 3. The summed E-state index contributed by atoms with van der Waals surface area (Å²) in [6, 6.07) is -0.733. The monoisotopic (exact) mass is 862 g/mol. The van der Waals surface area contributed by atoms with Crippen LogP contribution in [-0.4, -0.2) is 248 Å². The molecule has 6 aliphatic rings. The molecular formula is C42H78B9N6O6. The maximum atomic E-state index is 11.6. The molecule has 3 atom stereocenters. The highest BCUT2D eigenvalue weighted by Gasteiger charge is 2.39. The third-order valence-electron chi connectivity index (χ3n) is 14.0. The fourth-order valence-electron chi connectivity index (χ4n) is 9.92. The SMILES string of the molecule is CC1CCN(C(C(=O)O)C2CCN(C)CC2)CC1.CC1CCN([C@@H](C(=O)O)C2CCN(C)CC2)CC1.CC1CCN([C@H](C(=O)O)C2CCN(C)CC2)CC1.[B]B([B])[B].[B][B].[B][B][B]. The van der Waals surface area contributed by atoms with Gasteiger partial charge < -0.3 is 30.0 Å². The summed E-state index contributed by atoms with van der Waals surface area (Å²) in [7, 11) is 38.4. The highest BCUT2D eigenvalue weighted by atomic mass is 16.4. The molecule has 6 fully saturated rings. The van der Waals surface area contributed by atoms with E-state index in [1.807, 2.05) is 0 Å². The Morgan fingerprint density at radius 2 is 0.603 bits per heavy atom. The van der Waals surface area contributed by atoms with Gasteiger partial charge in [0.2, 0.25) is 0 Å². The van der Waals surface area contributed by atoms with E-state index in [1.54, 1.807) is 0 Å². The van der Waals surface area contributed by atoms with Gasteiger partial charge in [-0.15, -0.1) is 0 Å². The van der Waals surface area contributed by atoms with E-state index in [1.165, 1.54) is 0 Å². The van der Waals surface area contributed by atoms with Crippen molar-refractivity contribution in [3.05, 3.63) is 0 Å². The van der Waals surface area contributed by atoms with Crippen LogP contribution in [0.15, 0.2) is 0 Å². The van der Waals surface area contributed by atoms with Gasteiger partial charge in [-0.05, 0) is 212 Å². The Labute approximate surface area is 394 Å². The second-order valence-electron chi connectivity index (χ2n) is 19.2. The van der Waals surface area contributed by atoms with E-state index < -0.39 is 24.3 Å². The van der Waals surface area contributed by atoms with Crippen molar-refractivity contribution in [3.8, 4) is 0 Å². The molecular weight excluding hydrogens is 782 g/mol. The number of piperidine rings is 6. The third kappa shape index (κ3) is 23.4. The topological polar surface area (TPSA) is 131 Å². The van der Waals surface area contributed by atoms with Crippen LogP contribution in [-0.2, 0) is 14.4 Å². The van der Waals surface area contributed by atoms with Gasteiger partial charge in [0.25, 0.3) is 0 Å². The number of carbonyl (C=O) groups is 3. The average molecular weight is 860 g/mol. The number of nitrogens with zero attached hydrogens (tertiary/aromatic N) is 6. The van der Waals surface area contributed by atoms with Gasteiger partial charge in [-0.25, -0.2) is 0 Å². The average Bonchev–Trinajstić information content (AvgIpc) is 3.23. The second kappa shape index (κ2) is 33.3. The number of hydrogen-bond acceptors (Lipinski definition) is 9. The van der Waals surface area contributed by atoms with Crippen molar-refractivity contribution in [2.45, 2.75) is 116 Å². The predicted molar refractivity (Wildman–Crippen MR) is 267 cm³/mol. The molecule has 0 aliphatic carbocycles. The molecule has 6 saturated heterocycles. The van der Waals surface area contributed by atoms with Crippen LogP contribution in [0.2, 0.25) is 0 Å². The Kier molecular flexibility index (Phi) is 31.6. The van der Waals surface area contributed by atoms with Gasteiger partial charge in [0.1, 0.15) is 18.1 Å². The summed E-state index contributed by atoms with van der Waals surface area (Å²) < 4.78 is 0. The molecule has 0 amide bonds. The summed E-state index contributed by atoms with van der Waals surface area (Å²) in [5, 5.41) is 28.7. The van der Waals surface area contributed by atoms with Gasteiger partial charge in [-0.2, -0.15) is 0 Å². The van der Waals surface area contributed by atoms with E-state index in [4.69, 9.17) is 0 Å². The fourth-order valence-corrected chi connectivity index (χ4v) is 9.92. The van der Waals surface area contributed by atoms with Crippen molar-refractivity contribution < 1.29 is 29.7 Å². The van der Waals surface area contributed by atoms with E-state index in [2.05, 4.69) is 125 Å². The predicted octanol–water partition coefficient (Wildman–Crippen LogP) is 1.11. The minimum absolute atomic E-state index is 0.244. The first-order valence-electron chi connectivity index (χ1n) is 23.7. The molecule has 0 bridgehead atoms. The van der Waals surface area contributed by atoms with Crippen molar-refractivity contribution in [3.63, 3.8) is 0 Å². The highest BCUT2D eigenvalue weighted by Crippen LogP contribution is 2.30. The summed E-state index contributed by atoms with van der Waals surface area (Å²) in [6.45, 7) is 18.8. The van der Waals surface area contributed by atoms with Crippen LogP contribution < -0.4 is 0 Å². The largest absolute Gasteiger partial charge is 0.480 e. The standard InChI is InChI=1S/3C14H26N2O2.B4.B3.B2/c3*1-11-3-9-16(10-4-11)13(14(17)18)12-5-7-15(2)8-6-12;1-4(2)3;1-3-2;1-2/h3*11-13H,3-10H2,1-2H3,(H,17,18);;;/t2*13-;;;;/m10..../s1. The van der Waals surface area contributed by atoms with E-state index in [0.29, 0.717) is 17.8 Å². The molecule has 3 N–H and O–H groups in total. The molecule has 1 unspecified atom stereocenters. The molecule has 0 saturated carbocycles. The molecule has 0 aromatic carbocycles. The first-order chi connectivity index (χ1) is 29.9. The molecule has 6 heterocycles. The smallest absolute Gasteiger partial charge is 0.321 e. The number of carboxylic acids is 3. The number of likely N-dealkylation sites (tertiary alicyclic amines) is 6. The number of hydrogen-bond donors (Lipinski definition) is 3. The van der Waals surface area contributed by atoms with Gasteiger partial charge in [0, 0.05) is 67.6 Å². The van der Waals surface area contributed by atoms with Crippen molar-refractivity contribution in [1.82, 2.24) is 29.4 Å². The van der Waals surface area contributed by atoms with Crippen molar-refractivity contribution in [2.24, 2.45) is 35.5 Å². The van der Waals surface area contributed by atoms with Crippen LogP contribution in [0.3, 0.4) is 0 Å². The Bertz CT molecular complexity index is 1010. The molecule has 0 aromatic rings. The Morgan fingerprint density at radius 3 is 0.746 bits per heavy atom. The van der Waals surface area contributed by atoms with Crippen molar-refractivity contribution >= 4 is 85.5 Å². The summed E-state index contributed by atoms with van der Waals surface area (Å²) in [5.41, 5.74) is 0. The van der Waals surface area contributed by atoms with E-state index in [9.17, 15) is 29.7 Å². The molecule has 63 heavy (non-hydrogen) atoms. The molecule has 6 aliphatic heterocycles. The minimum Gasteiger partial charge on any atom is -0.480 e. The molecule has 12 nitrogen and oxygen atoms in total. The van der Waals surface area contributed by atoms with Crippen LogP contribution in [0, 0.1) is 35.5 Å². The summed E-state index contributed by atoms with van der Waals surface area (Å²) in [4.78, 5) is 48.4. The van der Waals surface area contributed by atoms with Crippen LogP contribution in [0.4, 0.5) is 0 Å². The summed E-state index contributed by atoms with van der Waals surface area (Å²) in [5.74, 6) is 1.46. The van der Waals surface area contributed by atoms with E-state index in [0.717, 1.165) is 180 Å². The Hall–Kier alpha value is -1.25. The maximum Gasteiger partial charge on any atom is 0.321 e. The van der Waals surface area contributed by atoms with Crippen LogP contribution >= 0.6 is 0 Å². The third-order valence-corrected chi connectivity index (χ3v) is 14.0. The van der Waals surface area contributed by atoms with E-state index >= 15 is 0 Å². The summed E-state index contributed by atoms with van der Waals surface area (Å²) in [6.07, 6.45) is 12.4. The van der Waals surface area contributed by atoms with Crippen LogP contribution in [0.1, 0.15) is 97.8 Å². The lowest BCUT2D eigenvalue weighted by atomic mass is 9.08. The van der Waals surface area contributed by atoms with Gasteiger partial charge >= 0.3 is 17.9 Å². The Morgan fingerprint density at radius 1 is 0.444 bits per heavy atom. The molecule has 15 radical (unpaired) electrons. The molecule has 0 aromatic heterocycles. The zero-order chi connectivity index (χ0) is 47.6. The van der Waals surface area contributed by atoms with Crippen LogP contribution in [0.5, 0.6) is 0 Å². The van der Waals surface area contributed by atoms with Gasteiger partial charge in [-0.1, -0.05) is 20.8 Å². The lowest BCUT2D eigenvalue weighted by Gasteiger charge is -2.40. The minimum atomic E-state index is -0.667. The zero-order valence-electron chi connectivity index (χ0n) is 40.1. The normalized spacial score (nSPS) is 24.0.